The molecule has 5 aromatic rings. The zero-order chi connectivity index (χ0) is 33.6. The van der Waals surface area contributed by atoms with Crippen molar-refractivity contribution in [2.45, 2.75) is 44.7 Å². The quantitative estimate of drug-likeness (QED) is 0.184. The zero-order valence-electron chi connectivity index (χ0n) is 25.4. The lowest BCUT2D eigenvalue weighted by Gasteiger charge is -2.23. The minimum Gasteiger partial charge on any atom is -0.478 e. The molecule has 47 heavy (non-hydrogen) atoms. The number of aliphatic carboxylic acids is 2. The molecule has 1 fully saturated rings. The largest absolute Gasteiger partial charge is 0.478 e. The number of rotatable bonds is 9. The monoisotopic (exact) mass is 657 g/mol. The third-order valence-corrected chi connectivity index (χ3v) is 8.14. The first kappa shape index (κ1) is 32.8. The van der Waals surface area contributed by atoms with Gasteiger partial charge in [-0.3, -0.25) is 4.79 Å². The summed E-state index contributed by atoms with van der Waals surface area (Å²) in [5.74, 6) is -1.91. The van der Waals surface area contributed by atoms with Gasteiger partial charge in [0.05, 0.1) is 17.8 Å². The van der Waals surface area contributed by atoms with Gasteiger partial charge in [0.1, 0.15) is 22.7 Å². The number of nitrogens with two attached hydrogens (primary N) is 1. The number of aryl methyl sites for hydroxylation is 1. The van der Waals surface area contributed by atoms with Crippen LogP contribution >= 0.6 is 11.3 Å². The molecule has 1 amide bonds. The van der Waals surface area contributed by atoms with Crippen molar-refractivity contribution in [2.24, 2.45) is 5.73 Å². The molecule has 5 heterocycles. The summed E-state index contributed by atoms with van der Waals surface area (Å²) in [5, 5.41) is 27.1. The highest BCUT2D eigenvalue weighted by molar-refractivity contribution is 7.09. The van der Waals surface area contributed by atoms with Gasteiger partial charge >= 0.3 is 11.9 Å². The molecule has 2 atom stereocenters. The van der Waals surface area contributed by atoms with E-state index in [1.165, 1.54) is 12.5 Å². The fourth-order valence-corrected chi connectivity index (χ4v) is 5.91. The Labute approximate surface area is 272 Å². The highest BCUT2D eigenvalue weighted by Gasteiger charge is 2.34. The lowest BCUT2D eigenvalue weighted by Crippen LogP contribution is -2.35. The Morgan fingerprint density at radius 2 is 1.83 bits per heavy atom. The number of carboxylic acids is 2. The second-order valence-corrected chi connectivity index (χ2v) is 11.8. The maximum absolute atomic E-state index is 13.8. The Kier molecular flexibility index (Phi) is 9.97. The highest BCUT2D eigenvalue weighted by atomic mass is 32.1. The zero-order valence-corrected chi connectivity index (χ0v) is 26.3. The summed E-state index contributed by atoms with van der Waals surface area (Å²) in [6, 6.07) is 13.2. The fourth-order valence-electron chi connectivity index (χ4n) is 4.97. The summed E-state index contributed by atoms with van der Waals surface area (Å²) in [6.45, 7) is 4.43. The number of benzene rings is 1. The van der Waals surface area contributed by atoms with Crippen molar-refractivity contribution in [2.75, 3.05) is 6.54 Å². The van der Waals surface area contributed by atoms with Crippen LogP contribution in [-0.2, 0) is 21.5 Å². The van der Waals surface area contributed by atoms with E-state index >= 15 is 0 Å². The predicted octanol–water partition coefficient (Wildman–Crippen LogP) is 4.66. The Morgan fingerprint density at radius 3 is 2.47 bits per heavy atom. The van der Waals surface area contributed by atoms with Crippen LogP contribution in [0.1, 0.15) is 58.5 Å². The summed E-state index contributed by atoms with van der Waals surface area (Å²) >= 11 is 1.57. The number of carbonyl (C=O) groups is 3. The molecular weight excluding hydrogens is 626 g/mol. The molecule has 1 saturated heterocycles. The number of amides is 1. The number of pyridine rings is 1. The second-order valence-electron chi connectivity index (χ2n) is 10.9. The van der Waals surface area contributed by atoms with Crippen LogP contribution in [0.15, 0.2) is 81.3 Å². The lowest BCUT2D eigenvalue weighted by molar-refractivity contribution is -0.134. The molecule has 4 aromatic heterocycles. The second kappa shape index (κ2) is 14.3. The Hall–Kier alpha value is -5.54. The number of likely N-dealkylation sites (tertiary alicyclic amines) is 1. The van der Waals surface area contributed by atoms with Crippen molar-refractivity contribution in [3.05, 3.63) is 100 Å². The van der Waals surface area contributed by atoms with Crippen LogP contribution in [0.5, 0.6) is 0 Å². The average Bonchev–Trinajstić information content (AvgIpc) is 3.87. The number of nitrogens with zero attached hydrogens (tertiary/aromatic N) is 6. The van der Waals surface area contributed by atoms with Gasteiger partial charge < -0.3 is 29.7 Å². The Balaban J connectivity index is 0.000000483. The van der Waals surface area contributed by atoms with Gasteiger partial charge in [0.2, 0.25) is 17.7 Å². The molecule has 0 radical (unpaired) electrons. The molecule has 14 nitrogen and oxygen atoms in total. The van der Waals surface area contributed by atoms with E-state index in [2.05, 4.69) is 25.1 Å². The molecule has 0 unspecified atom stereocenters. The van der Waals surface area contributed by atoms with Crippen LogP contribution < -0.4 is 5.73 Å². The van der Waals surface area contributed by atoms with E-state index in [0.717, 1.165) is 29.1 Å². The average molecular weight is 658 g/mol. The van der Waals surface area contributed by atoms with E-state index in [1.807, 2.05) is 54.5 Å². The molecule has 1 aromatic carbocycles. The molecule has 0 bridgehead atoms. The van der Waals surface area contributed by atoms with Crippen LogP contribution in [0, 0.1) is 6.92 Å². The number of hydrogen-bond acceptors (Lipinski definition) is 12. The molecule has 4 N–H and O–H groups in total. The Morgan fingerprint density at radius 1 is 1.09 bits per heavy atom. The number of carbonyl (C=O) groups excluding carboxylic acids is 1. The van der Waals surface area contributed by atoms with Gasteiger partial charge in [-0.15, -0.1) is 21.5 Å². The standard InChI is InChI=1S/C28H27N7O3S.C4H4O4/c1-17-16-39-25(31-17)22-9-6-11-35(22)26(36)21-14-19(13-20(32-21)24-30-10-12-37-24)23-33-34-27(38-23)28(2,29)15-18-7-4-3-5-8-18;5-3(6)1-2-4(7)8/h3-5,7-8,10,12-14,16,22H,6,9,11,15,29H2,1-2H3;1-2H,(H,5,6)(H,7,8)/t22-,28-;/m1./s1. The van der Waals surface area contributed by atoms with Gasteiger partial charge in [-0.1, -0.05) is 30.3 Å². The van der Waals surface area contributed by atoms with Gasteiger partial charge in [-0.25, -0.2) is 24.5 Å². The van der Waals surface area contributed by atoms with E-state index in [0.29, 0.717) is 42.3 Å². The molecule has 0 saturated carbocycles. The first-order valence-corrected chi connectivity index (χ1v) is 15.3. The molecule has 0 aliphatic carbocycles. The smallest absolute Gasteiger partial charge is 0.328 e. The fraction of sp³-hybridized carbons (Fsp3) is 0.250. The van der Waals surface area contributed by atoms with Crippen molar-refractivity contribution in [1.82, 2.24) is 30.0 Å². The third kappa shape index (κ3) is 8.19. The summed E-state index contributed by atoms with van der Waals surface area (Å²) in [7, 11) is 0. The maximum atomic E-state index is 13.8. The van der Waals surface area contributed by atoms with E-state index in [1.54, 1.807) is 23.5 Å². The topological polar surface area (TPSA) is 212 Å². The van der Waals surface area contributed by atoms with E-state index < -0.39 is 17.5 Å². The van der Waals surface area contributed by atoms with E-state index in [9.17, 15) is 14.4 Å². The van der Waals surface area contributed by atoms with Gasteiger partial charge in [0.25, 0.3) is 5.91 Å². The van der Waals surface area contributed by atoms with Crippen molar-refractivity contribution < 1.29 is 33.4 Å². The molecular formula is C32H31N7O7S. The minimum absolute atomic E-state index is 0.0854. The normalized spacial score (nSPS) is 15.6. The first-order valence-electron chi connectivity index (χ1n) is 14.5. The highest BCUT2D eigenvalue weighted by Crippen LogP contribution is 2.36. The first-order chi connectivity index (χ1) is 22.5. The molecule has 15 heteroatoms. The van der Waals surface area contributed by atoms with Crippen molar-refractivity contribution in [3.8, 4) is 23.0 Å². The molecule has 1 aliphatic heterocycles. The van der Waals surface area contributed by atoms with Crippen LogP contribution in [0.3, 0.4) is 0 Å². The van der Waals surface area contributed by atoms with Crippen LogP contribution in [0.2, 0.25) is 0 Å². The summed E-state index contributed by atoms with van der Waals surface area (Å²) in [5.41, 5.74) is 8.87. The van der Waals surface area contributed by atoms with E-state index in [4.69, 9.17) is 24.8 Å². The van der Waals surface area contributed by atoms with E-state index in [-0.39, 0.29) is 29.4 Å². The summed E-state index contributed by atoms with van der Waals surface area (Å²) < 4.78 is 11.6. The predicted molar refractivity (Wildman–Crippen MR) is 169 cm³/mol. The van der Waals surface area contributed by atoms with Crippen molar-refractivity contribution >= 4 is 29.2 Å². The van der Waals surface area contributed by atoms with Crippen LogP contribution in [0.4, 0.5) is 0 Å². The van der Waals surface area contributed by atoms with Crippen molar-refractivity contribution in [3.63, 3.8) is 0 Å². The Bertz CT molecular complexity index is 1870. The number of hydrogen-bond donors (Lipinski definition) is 3. The number of aromatic nitrogens is 5. The molecule has 1 aliphatic rings. The van der Waals surface area contributed by atoms with Crippen molar-refractivity contribution in [1.29, 1.82) is 0 Å². The molecule has 0 spiro atoms. The molecule has 6 rings (SSSR count). The van der Waals surface area contributed by atoms with Crippen LogP contribution in [-0.4, -0.2) is 64.7 Å². The summed E-state index contributed by atoms with van der Waals surface area (Å²) in [6.07, 6.45) is 6.37. The minimum atomic E-state index is -1.26. The number of thiazole rings is 1. The maximum Gasteiger partial charge on any atom is 0.328 e. The summed E-state index contributed by atoms with van der Waals surface area (Å²) in [4.78, 5) is 48.2. The number of carboxylic acid groups (broad SMARTS) is 2. The SMILES string of the molecule is Cc1csc([C@H]2CCCN2C(=O)c2cc(-c3nnc([C@](C)(N)Cc4ccccc4)o3)cc(-c3ncco3)n2)n1.O=C(O)C=CC(=O)O. The van der Waals surface area contributed by atoms with Gasteiger partial charge in [0.15, 0.2) is 0 Å². The van der Waals surface area contributed by atoms with Gasteiger partial charge in [0, 0.05) is 35.3 Å². The molecule has 242 valence electrons. The lowest BCUT2D eigenvalue weighted by atomic mass is 9.94. The third-order valence-electron chi connectivity index (χ3n) is 7.07. The number of oxazole rings is 1. The van der Waals surface area contributed by atoms with Gasteiger partial charge in [-0.05, 0) is 50.8 Å². The van der Waals surface area contributed by atoms with Gasteiger partial charge in [-0.2, -0.15) is 0 Å². The van der Waals surface area contributed by atoms with Crippen LogP contribution in [0.25, 0.3) is 23.0 Å².